The van der Waals surface area contributed by atoms with Gasteiger partial charge in [0.1, 0.15) is 6.61 Å². The van der Waals surface area contributed by atoms with Crippen LogP contribution in [0.4, 0.5) is 4.79 Å². The first-order valence-corrected chi connectivity index (χ1v) is 11.5. The van der Waals surface area contributed by atoms with Crippen molar-refractivity contribution in [3.8, 4) is 17.1 Å². The van der Waals surface area contributed by atoms with Gasteiger partial charge in [0, 0.05) is 48.8 Å². The number of methoxy groups -OCH3 is 1. The van der Waals surface area contributed by atoms with Crippen LogP contribution in [0.1, 0.15) is 29.0 Å². The smallest absolute Gasteiger partial charge is 0.409 e. The maximum atomic E-state index is 11.9. The van der Waals surface area contributed by atoms with Crippen molar-refractivity contribution in [3.05, 3.63) is 77.5 Å². The van der Waals surface area contributed by atoms with E-state index in [1.54, 1.807) is 9.58 Å². The summed E-state index contributed by atoms with van der Waals surface area (Å²) in [5.74, 6) is 0.808. The fraction of sp³-hybridized carbons (Fsp3) is 0.296. The van der Waals surface area contributed by atoms with E-state index < -0.39 is 0 Å². The zero-order chi connectivity index (χ0) is 23.7. The maximum Gasteiger partial charge on any atom is 0.409 e. The minimum absolute atomic E-state index is 0.187. The summed E-state index contributed by atoms with van der Waals surface area (Å²) in [5, 5.41) is 5.67. The molecule has 3 heterocycles. The summed E-state index contributed by atoms with van der Waals surface area (Å²) in [7, 11) is 3.30. The number of aromatic nitrogens is 3. The van der Waals surface area contributed by atoms with Crippen LogP contribution in [0.2, 0.25) is 0 Å². The summed E-state index contributed by atoms with van der Waals surface area (Å²) >= 11 is 0. The fourth-order valence-corrected chi connectivity index (χ4v) is 4.61. The normalized spacial score (nSPS) is 15.6. The molecule has 5 rings (SSSR count). The van der Waals surface area contributed by atoms with Crippen molar-refractivity contribution >= 4 is 17.0 Å². The first-order chi connectivity index (χ1) is 16.5. The van der Waals surface area contributed by atoms with Crippen molar-refractivity contribution in [2.75, 3.05) is 20.2 Å². The van der Waals surface area contributed by atoms with Crippen LogP contribution >= 0.6 is 0 Å². The van der Waals surface area contributed by atoms with Gasteiger partial charge in [0.2, 0.25) is 5.88 Å². The lowest BCUT2D eigenvalue weighted by molar-refractivity contribution is 0.132. The second kappa shape index (κ2) is 9.17. The van der Waals surface area contributed by atoms with Gasteiger partial charge in [-0.15, -0.1) is 5.10 Å². The third-order valence-electron chi connectivity index (χ3n) is 6.40. The van der Waals surface area contributed by atoms with E-state index in [0.29, 0.717) is 25.6 Å². The van der Waals surface area contributed by atoms with Gasteiger partial charge in [-0.2, -0.15) is 0 Å². The number of pyridine rings is 1. The quantitative estimate of drug-likeness (QED) is 0.419. The third-order valence-corrected chi connectivity index (χ3v) is 6.40. The molecule has 0 aliphatic carbocycles. The monoisotopic (exact) mass is 456 g/mol. The molecule has 2 aromatic heterocycles. The highest BCUT2D eigenvalue weighted by molar-refractivity contribution is 5.83. The molecular formula is C27H28N4O3. The van der Waals surface area contributed by atoms with Gasteiger partial charge in [-0.05, 0) is 36.6 Å². The van der Waals surface area contributed by atoms with Crippen molar-refractivity contribution < 1.29 is 14.3 Å². The average Bonchev–Trinajstić information content (AvgIpc) is 3.49. The lowest BCUT2D eigenvalue weighted by Gasteiger charge is -2.14. The Bertz CT molecular complexity index is 1330. The Morgan fingerprint density at radius 3 is 2.74 bits per heavy atom. The molecule has 1 unspecified atom stereocenters. The number of nitrogens with zero attached hydrogens (tertiary/aromatic N) is 4. The Hall–Kier alpha value is -3.87. The molecule has 1 atom stereocenters. The average molecular weight is 457 g/mol. The summed E-state index contributed by atoms with van der Waals surface area (Å²) in [6, 6.07) is 18.7. The predicted molar refractivity (Wildman–Crippen MR) is 131 cm³/mol. The molecule has 0 spiro atoms. The lowest BCUT2D eigenvalue weighted by atomic mass is 10.0. The molecule has 1 aliphatic rings. The van der Waals surface area contributed by atoms with Crippen molar-refractivity contribution in [2.24, 2.45) is 7.05 Å². The zero-order valence-electron chi connectivity index (χ0n) is 19.7. The van der Waals surface area contributed by atoms with Crippen LogP contribution in [-0.2, 0) is 18.4 Å². The second-order valence-electron chi connectivity index (χ2n) is 8.80. The number of fused-ring (bicyclic) bond motifs is 1. The number of aryl methyl sites for hydroxylation is 2. The van der Waals surface area contributed by atoms with Gasteiger partial charge in [-0.1, -0.05) is 42.5 Å². The first-order valence-electron chi connectivity index (χ1n) is 11.5. The largest absolute Gasteiger partial charge is 0.472 e. The molecule has 0 bridgehead atoms. The molecule has 4 aromatic rings. The summed E-state index contributed by atoms with van der Waals surface area (Å²) in [6.45, 7) is 3.80. The number of amides is 1. The second-order valence-corrected chi connectivity index (χ2v) is 8.80. The summed E-state index contributed by atoms with van der Waals surface area (Å²) in [5.41, 5.74) is 6.31. The van der Waals surface area contributed by atoms with Crippen molar-refractivity contribution in [3.63, 3.8) is 0 Å². The van der Waals surface area contributed by atoms with E-state index in [2.05, 4.69) is 48.4 Å². The molecular weight excluding hydrogens is 428 g/mol. The van der Waals surface area contributed by atoms with Crippen LogP contribution in [0.25, 0.3) is 22.2 Å². The van der Waals surface area contributed by atoms with E-state index in [4.69, 9.17) is 14.5 Å². The minimum atomic E-state index is -0.287. The first kappa shape index (κ1) is 21.9. The van der Waals surface area contributed by atoms with Crippen LogP contribution in [0, 0.1) is 6.92 Å². The maximum absolute atomic E-state index is 11.9. The molecule has 2 aromatic carbocycles. The highest BCUT2D eigenvalue weighted by Crippen LogP contribution is 2.33. The van der Waals surface area contributed by atoms with Gasteiger partial charge in [0.15, 0.2) is 0 Å². The number of ether oxygens (including phenoxy) is 2. The van der Waals surface area contributed by atoms with Gasteiger partial charge >= 0.3 is 6.09 Å². The molecule has 7 nitrogen and oxygen atoms in total. The van der Waals surface area contributed by atoms with E-state index in [1.807, 2.05) is 31.4 Å². The van der Waals surface area contributed by atoms with Gasteiger partial charge in [-0.25, -0.2) is 9.78 Å². The van der Waals surface area contributed by atoms with E-state index in [-0.39, 0.29) is 12.0 Å². The van der Waals surface area contributed by atoms with Gasteiger partial charge in [-0.3, -0.25) is 4.68 Å². The van der Waals surface area contributed by atoms with Gasteiger partial charge < -0.3 is 14.4 Å². The topological polar surface area (TPSA) is 69.5 Å². The Labute approximate surface area is 198 Å². The number of para-hydroxylation sites is 1. The molecule has 0 saturated carbocycles. The van der Waals surface area contributed by atoms with E-state index in [0.717, 1.165) is 45.3 Å². The number of hydrogen-bond donors (Lipinski definition) is 0. The summed E-state index contributed by atoms with van der Waals surface area (Å²) in [4.78, 5) is 18.5. The van der Waals surface area contributed by atoms with Crippen LogP contribution < -0.4 is 4.74 Å². The van der Waals surface area contributed by atoms with Gasteiger partial charge in [0.25, 0.3) is 0 Å². The van der Waals surface area contributed by atoms with Crippen LogP contribution in [0.3, 0.4) is 0 Å². The predicted octanol–water partition coefficient (Wildman–Crippen LogP) is 5.08. The molecule has 7 heteroatoms. The lowest BCUT2D eigenvalue weighted by Crippen LogP contribution is -2.28. The highest BCUT2D eigenvalue weighted by Gasteiger charge is 2.31. The van der Waals surface area contributed by atoms with Crippen LogP contribution in [0.5, 0.6) is 5.88 Å². The number of hydrogen-bond acceptors (Lipinski definition) is 5. The molecule has 1 aliphatic heterocycles. The fourth-order valence-electron chi connectivity index (χ4n) is 4.61. The summed E-state index contributed by atoms with van der Waals surface area (Å²) in [6.07, 6.45) is 2.56. The number of carbonyl (C=O) groups excluding carboxylic acids is 1. The number of likely N-dealkylation sites (tertiary alicyclic amines) is 1. The Morgan fingerprint density at radius 2 is 1.94 bits per heavy atom. The molecule has 34 heavy (non-hydrogen) atoms. The van der Waals surface area contributed by atoms with E-state index >= 15 is 0 Å². The third kappa shape index (κ3) is 4.33. The summed E-state index contributed by atoms with van der Waals surface area (Å²) < 4.78 is 12.7. The molecule has 0 N–H and O–H groups in total. The number of benzene rings is 2. The Balaban J connectivity index is 1.29. The van der Waals surface area contributed by atoms with Crippen molar-refractivity contribution in [1.29, 1.82) is 0 Å². The SMILES string of the molecule is COC(=O)N1CCC(c2cn(C)nc2OCc2ccc(-c3nc4ccccc4cc3C)cc2)C1. The van der Waals surface area contributed by atoms with Crippen molar-refractivity contribution in [2.45, 2.75) is 25.9 Å². The Morgan fingerprint density at radius 1 is 1.15 bits per heavy atom. The molecule has 1 fully saturated rings. The van der Waals surface area contributed by atoms with E-state index in [1.165, 1.54) is 7.11 Å². The van der Waals surface area contributed by atoms with Crippen LogP contribution in [0.15, 0.2) is 60.8 Å². The zero-order valence-corrected chi connectivity index (χ0v) is 19.7. The minimum Gasteiger partial charge on any atom is -0.472 e. The molecule has 174 valence electrons. The molecule has 0 radical (unpaired) electrons. The number of rotatable bonds is 5. The van der Waals surface area contributed by atoms with E-state index in [9.17, 15) is 4.79 Å². The molecule has 1 amide bonds. The Kier molecular flexibility index (Phi) is 5.92. The van der Waals surface area contributed by atoms with Crippen LogP contribution in [-0.4, -0.2) is 46.0 Å². The number of carbonyl (C=O) groups is 1. The van der Waals surface area contributed by atoms with Crippen molar-refractivity contribution in [1.82, 2.24) is 19.7 Å². The van der Waals surface area contributed by atoms with Gasteiger partial charge in [0.05, 0.1) is 18.3 Å². The standard InChI is InChI=1S/C27H28N4O3/c1-18-14-21-6-4-5-7-24(21)28-25(18)20-10-8-19(9-11-20)17-34-26-23(16-30(2)29-26)22-12-13-31(15-22)27(32)33-3/h4-11,14,16,22H,12-13,15,17H2,1-3H3. The molecule has 1 saturated heterocycles. The highest BCUT2D eigenvalue weighted by atomic mass is 16.5.